The number of hydrogen-bond donors (Lipinski definition) is 3. The van der Waals surface area contributed by atoms with Crippen LogP contribution in [-0.2, 0) is 4.74 Å². The molecule has 100 valence electrons. The first-order chi connectivity index (χ1) is 7.97. The Balaban J connectivity index is 2.21. The molecule has 0 radical (unpaired) electrons. The number of carbonyl (C=O) groups excluding carboxylic acids is 1. The molecule has 1 fully saturated rings. The summed E-state index contributed by atoms with van der Waals surface area (Å²) < 4.78 is 5.61. The zero-order chi connectivity index (χ0) is 12.8. The van der Waals surface area contributed by atoms with Gasteiger partial charge in [-0.05, 0) is 40.0 Å². The van der Waals surface area contributed by atoms with Gasteiger partial charge >= 0.3 is 6.03 Å². The average Bonchev–Trinajstić information content (AvgIpc) is 2.14. The smallest absolute Gasteiger partial charge is 0.315 e. The summed E-state index contributed by atoms with van der Waals surface area (Å²) >= 11 is 0. The molecule has 0 saturated carbocycles. The van der Waals surface area contributed by atoms with Crippen LogP contribution in [-0.4, -0.2) is 42.0 Å². The zero-order valence-electron chi connectivity index (χ0n) is 10.9. The largest absolute Gasteiger partial charge is 0.393 e. The number of carbonyl (C=O) groups is 1. The van der Waals surface area contributed by atoms with Crippen LogP contribution in [0.2, 0.25) is 0 Å². The molecule has 17 heavy (non-hydrogen) atoms. The van der Waals surface area contributed by atoms with E-state index in [0.717, 1.165) is 12.8 Å². The van der Waals surface area contributed by atoms with Gasteiger partial charge in [0.1, 0.15) is 0 Å². The van der Waals surface area contributed by atoms with E-state index in [1.807, 2.05) is 13.8 Å². The summed E-state index contributed by atoms with van der Waals surface area (Å²) in [5.41, 5.74) is 0. The molecule has 3 unspecified atom stereocenters. The van der Waals surface area contributed by atoms with Gasteiger partial charge in [0.25, 0.3) is 0 Å². The molecule has 3 atom stereocenters. The highest BCUT2D eigenvalue weighted by Gasteiger charge is 2.25. The van der Waals surface area contributed by atoms with E-state index in [1.165, 1.54) is 0 Å². The highest BCUT2D eigenvalue weighted by molar-refractivity contribution is 5.74. The van der Waals surface area contributed by atoms with Crippen molar-refractivity contribution in [2.75, 3.05) is 6.54 Å². The maximum Gasteiger partial charge on any atom is 0.315 e. The van der Waals surface area contributed by atoms with Gasteiger partial charge < -0.3 is 20.5 Å². The van der Waals surface area contributed by atoms with Crippen molar-refractivity contribution in [3.63, 3.8) is 0 Å². The fourth-order valence-electron chi connectivity index (χ4n) is 2.15. The lowest BCUT2D eigenvalue weighted by Gasteiger charge is -2.32. The summed E-state index contributed by atoms with van der Waals surface area (Å²) in [6, 6.07) is 0.0252. The first kappa shape index (κ1) is 14.3. The van der Waals surface area contributed by atoms with Gasteiger partial charge in [-0.15, -0.1) is 0 Å². The molecule has 1 aliphatic rings. The van der Waals surface area contributed by atoms with Crippen LogP contribution >= 0.6 is 0 Å². The minimum Gasteiger partial charge on any atom is -0.393 e. The number of aliphatic hydroxyl groups is 1. The molecule has 2 amide bonds. The third kappa shape index (κ3) is 5.89. The normalized spacial score (nSPS) is 30.7. The summed E-state index contributed by atoms with van der Waals surface area (Å²) in [7, 11) is 0. The Morgan fingerprint density at radius 1 is 1.41 bits per heavy atom. The maximum atomic E-state index is 11.6. The number of rotatable bonds is 4. The summed E-state index contributed by atoms with van der Waals surface area (Å²) in [4.78, 5) is 11.6. The summed E-state index contributed by atoms with van der Waals surface area (Å²) in [5, 5.41) is 14.7. The second-order valence-electron chi connectivity index (χ2n) is 4.96. The van der Waals surface area contributed by atoms with Crippen LogP contribution < -0.4 is 10.6 Å². The van der Waals surface area contributed by atoms with E-state index in [0.29, 0.717) is 13.0 Å². The fourth-order valence-corrected chi connectivity index (χ4v) is 2.15. The molecule has 5 heteroatoms. The Labute approximate surface area is 103 Å². The van der Waals surface area contributed by atoms with Gasteiger partial charge in [-0.25, -0.2) is 4.79 Å². The first-order valence-corrected chi connectivity index (χ1v) is 6.35. The second kappa shape index (κ2) is 6.81. The monoisotopic (exact) mass is 244 g/mol. The lowest BCUT2D eigenvalue weighted by molar-refractivity contribution is -0.0402. The average molecular weight is 244 g/mol. The number of urea groups is 1. The number of aliphatic hydroxyl groups excluding tert-OH is 1. The lowest BCUT2D eigenvalue weighted by Crippen LogP contribution is -2.47. The van der Waals surface area contributed by atoms with Crippen molar-refractivity contribution in [3.05, 3.63) is 0 Å². The molecule has 3 N–H and O–H groups in total. The van der Waals surface area contributed by atoms with E-state index < -0.39 is 0 Å². The van der Waals surface area contributed by atoms with Crippen molar-refractivity contribution in [1.29, 1.82) is 0 Å². The number of ether oxygens (including phenoxy) is 1. The molecule has 1 saturated heterocycles. The van der Waals surface area contributed by atoms with Gasteiger partial charge in [0.15, 0.2) is 0 Å². The van der Waals surface area contributed by atoms with Crippen molar-refractivity contribution in [2.24, 2.45) is 0 Å². The second-order valence-corrected chi connectivity index (χ2v) is 4.96. The Hall–Kier alpha value is -0.810. The van der Waals surface area contributed by atoms with Crippen LogP contribution in [0.1, 0.15) is 40.0 Å². The molecule has 0 aliphatic carbocycles. The van der Waals surface area contributed by atoms with Gasteiger partial charge in [0.05, 0.1) is 18.3 Å². The van der Waals surface area contributed by atoms with Crippen molar-refractivity contribution in [2.45, 2.75) is 64.4 Å². The molecule has 5 nitrogen and oxygen atoms in total. The van der Waals surface area contributed by atoms with E-state index >= 15 is 0 Å². The molecular weight excluding hydrogens is 220 g/mol. The fraction of sp³-hybridized carbons (Fsp3) is 0.917. The number of hydrogen-bond acceptors (Lipinski definition) is 3. The molecular formula is C12H24N2O3. The van der Waals surface area contributed by atoms with Crippen molar-refractivity contribution in [1.82, 2.24) is 10.6 Å². The maximum absolute atomic E-state index is 11.6. The molecule has 0 aromatic carbocycles. The first-order valence-electron chi connectivity index (χ1n) is 6.35. The summed E-state index contributed by atoms with van der Waals surface area (Å²) in [6.45, 7) is 6.25. The highest BCUT2D eigenvalue weighted by atomic mass is 16.5. The van der Waals surface area contributed by atoms with Crippen LogP contribution in [0, 0.1) is 0 Å². The third-order valence-corrected chi connectivity index (χ3v) is 2.88. The summed E-state index contributed by atoms with van der Waals surface area (Å²) in [5.74, 6) is 0. The predicted octanol–water partition coefficient (Wildman–Crippen LogP) is 1.01. The van der Waals surface area contributed by atoms with Crippen molar-refractivity contribution < 1.29 is 14.6 Å². The van der Waals surface area contributed by atoms with Crippen molar-refractivity contribution in [3.8, 4) is 0 Å². The SMILES string of the molecule is CC(O)CCNC(=O)NC1CC(C)OC(C)C1. The van der Waals surface area contributed by atoms with Gasteiger partial charge in [-0.3, -0.25) is 0 Å². The molecule has 0 bridgehead atoms. The van der Waals surface area contributed by atoms with Crippen LogP contribution in [0.15, 0.2) is 0 Å². The predicted molar refractivity (Wildman–Crippen MR) is 65.9 cm³/mol. The Kier molecular flexibility index (Phi) is 5.71. The Bertz CT molecular complexity index is 236. The van der Waals surface area contributed by atoms with E-state index in [2.05, 4.69) is 10.6 Å². The van der Waals surface area contributed by atoms with Gasteiger partial charge in [0.2, 0.25) is 0 Å². The highest BCUT2D eigenvalue weighted by Crippen LogP contribution is 2.18. The van der Waals surface area contributed by atoms with Crippen LogP contribution in [0.25, 0.3) is 0 Å². The van der Waals surface area contributed by atoms with Gasteiger partial charge in [-0.2, -0.15) is 0 Å². The van der Waals surface area contributed by atoms with Crippen LogP contribution in [0.3, 0.4) is 0 Å². The van der Waals surface area contributed by atoms with E-state index in [1.54, 1.807) is 6.92 Å². The quantitative estimate of drug-likeness (QED) is 0.691. The third-order valence-electron chi connectivity index (χ3n) is 2.88. The van der Waals surface area contributed by atoms with E-state index in [9.17, 15) is 4.79 Å². The van der Waals surface area contributed by atoms with Crippen LogP contribution in [0.5, 0.6) is 0 Å². The minimum atomic E-state index is -0.376. The molecule has 1 rings (SSSR count). The molecule has 0 aromatic heterocycles. The van der Waals surface area contributed by atoms with Gasteiger partial charge in [0, 0.05) is 12.6 Å². The Morgan fingerprint density at radius 3 is 2.53 bits per heavy atom. The van der Waals surface area contributed by atoms with E-state index in [-0.39, 0.29) is 30.4 Å². The van der Waals surface area contributed by atoms with Crippen molar-refractivity contribution >= 4 is 6.03 Å². The molecule has 1 aliphatic heterocycles. The van der Waals surface area contributed by atoms with E-state index in [4.69, 9.17) is 9.84 Å². The standard InChI is InChI=1S/C12H24N2O3/c1-8(15)4-5-13-12(16)14-11-6-9(2)17-10(3)7-11/h8-11,15H,4-7H2,1-3H3,(H2,13,14,16). The number of amides is 2. The topological polar surface area (TPSA) is 70.6 Å². The minimum absolute atomic E-state index is 0.156. The molecule has 1 heterocycles. The van der Waals surface area contributed by atoms with Crippen LogP contribution in [0.4, 0.5) is 4.79 Å². The summed E-state index contributed by atoms with van der Waals surface area (Å²) in [6.07, 6.45) is 2.30. The molecule has 0 spiro atoms. The Morgan fingerprint density at radius 2 is 2.00 bits per heavy atom. The zero-order valence-corrected chi connectivity index (χ0v) is 10.9. The molecule has 0 aromatic rings. The lowest BCUT2D eigenvalue weighted by atomic mass is 10.0. The number of nitrogens with one attached hydrogen (secondary N) is 2. The van der Waals surface area contributed by atoms with Gasteiger partial charge in [-0.1, -0.05) is 0 Å².